The van der Waals surface area contributed by atoms with Gasteiger partial charge in [-0.1, -0.05) is 23.2 Å². The number of alkyl halides is 2. The second kappa shape index (κ2) is 4.97. The van der Waals surface area contributed by atoms with Crippen LogP contribution in [0.2, 0.25) is 5.02 Å². The average Bonchev–Trinajstić information content (AvgIpc) is 2.17. The van der Waals surface area contributed by atoms with E-state index in [0.29, 0.717) is 0 Å². The Hall–Kier alpha value is -0.870. The van der Waals surface area contributed by atoms with Crippen molar-refractivity contribution in [2.45, 2.75) is 12.1 Å². The van der Waals surface area contributed by atoms with Gasteiger partial charge in [0.2, 0.25) is 0 Å². The van der Waals surface area contributed by atoms with Crippen LogP contribution in [0.1, 0.15) is 12.5 Å². The van der Waals surface area contributed by atoms with Crippen LogP contribution in [0, 0.1) is 5.82 Å². The normalized spacial score (nSPS) is 14.3. The van der Waals surface area contributed by atoms with Crippen molar-refractivity contribution < 1.29 is 18.3 Å². The predicted molar refractivity (Wildman–Crippen MR) is 56.7 cm³/mol. The van der Waals surface area contributed by atoms with Gasteiger partial charge in [0.15, 0.2) is 0 Å². The summed E-state index contributed by atoms with van der Waals surface area (Å²) in [6.07, 6.45) is 0. The summed E-state index contributed by atoms with van der Waals surface area (Å²) < 4.78 is 31.0. The van der Waals surface area contributed by atoms with Gasteiger partial charge in [-0.2, -0.15) is 0 Å². The van der Waals surface area contributed by atoms with E-state index in [1.807, 2.05) is 0 Å². The van der Waals surface area contributed by atoms with Gasteiger partial charge in [0, 0.05) is 5.56 Å². The van der Waals surface area contributed by atoms with E-state index in [0.717, 1.165) is 18.2 Å². The fourth-order valence-corrected chi connectivity index (χ4v) is 1.64. The number of benzene rings is 1. The standard InChI is InChI=1S/C10H8Cl2F2O2/c1-2-16-9(15)10(12,14)7-4-3-6(13)5-8(7)11/h3-5H,2H2,1H3. The fraction of sp³-hybridized carbons (Fsp3) is 0.300. The van der Waals surface area contributed by atoms with Gasteiger partial charge in [0.25, 0.3) is 0 Å². The molecule has 0 aliphatic heterocycles. The lowest BCUT2D eigenvalue weighted by molar-refractivity contribution is -0.152. The Morgan fingerprint density at radius 2 is 2.19 bits per heavy atom. The van der Waals surface area contributed by atoms with Crippen LogP contribution in [0.3, 0.4) is 0 Å². The van der Waals surface area contributed by atoms with Crippen molar-refractivity contribution in [1.29, 1.82) is 0 Å². The van der Waals surface area contributed by atoms with Gasteiger partial charge in [-0.05, 0) is 25.1 Å². The molecule has 0 radical (unpaired) electrons. The zero-order chi connectivity index (χ0) is 12.3. The number of hydrogen-bond acceptors (Lipinski definition) is 2. The Bertz CT molecular complexity index is 408. The number of rotatable bonds is 3. The smallest absolute Gasteiger partial charge is 0.364 e. The number of halogens is 4. The Kier molecular flexibility index (Phi) is 4.10. The van der Waals surface area contributed by atoms with E-state index in [-0.39, 0.29) is 17.2 Å². The largest absolute Gasteiger partial charge is 0.462 e. The molecule has 88 valence electrons. The van der Waals surface area contributed by atoms with Crippen LogP contribution in [0.25, 0.3) is 0 Å². The van der Waals surface area contributed by atoms with Crippen LogP contribution in [0.15, 0.2) is 18.2 Å². The van der Waals surface area contributed by atoms with Crippen molar-refractivity contribution in [2.75, 3.05) is 6.61 Å². The van der Waals surface area contributed by atoms with E-state index >= 15 is 0 Å². The van der Waals surface area contributed by atoms with Crippen LogP contribution in [0.5, 0.6) is 0 Å². The minimum atomic E-state index is -2.90. The maximum atomic E-state index is 13.9. The minimum absolute atomic E-state index is 0.0178. The highest BCUT2D eigenvalue weighted by Gasteiger charge is 2.41. The molecular weight excluding hydrogens is 261 g/mol. The maximum Gasteiger partial charge on any atom is 0.364 e. The molecule has 0 bridgehead atoms. The highest BCUT2D eigenvalue weighted by atomic mass is 35.5. The van der Waals surface area contributed by atoms with Crippen molar-refractivity contribution in [1.82, 2.24) is 0 Å². The van der Waals surface area contributed by atoms with Crippen LogP contribution in [0.4, 0.5) is 8.78 Å². The summed E-state index contributed by atoms with van der Waals surface area (Å²) in [5.74, 6) is -1.92. The zero-order valence-electron chi connectivity index (χ0n) is 8.27. The van der Waals surface area contributed by atoms with E-state index in [4.69, 9.17) is 23.2 Å². The Morgan fingerprint density at radius 1 is 1.56 bits per heavy atom. The van der Waals surface area contributed by atoms with Crippen molar-refractivity contribution in [3.05, 3.63) is 34.6 Å². The molecule has 0 aliphatic carbocycles. The van der Waals surface area contributed by atoms with Gasteiger partial charge in [0.1, 0.15) is 5.82 Å². The molecule has 0 amide bonds. The molecule has 0 saturated carbocycles. The SMILES string of the molecule is CCOC(=O)C(F)(Cl)c1ccc(F)cc1Cl. The first-order valence-corrected chi connectivity index (χ1v) is 5.15. The first-order chi connectivity index (χ1) is 7.39. The summed E-state index contributed by atoms with van der Waals surface area (Å²) >= 11 is 11.0. The Morgan fingerprint density at radius 3 is 2.69 bits per heavy atom. The molecule has 16 heavy (non-hydrogen) atoms. The molecule has 0 fully saturated rings. The van der Waals surface area contributed by atoms with Gasteiger partial charge in [0.05, 0.1) is 11.6 Å². The third-order valence-corrected chi connectivity index (χ3v) is 2.47. The number of hydrogen-bond donors (Lipinski definition) is 0. The molecule has 0 aromatic heterocycles. The first-order valence-electron chi connectivity index (χ1n) is 4.40. The van der Waals surface area contributed by atoms with Crippen LogP contribution >= 0.6 is 23.2 Å². The average molecular weight is 269 g/mol. The third kappa shape index (κ3) is 2.62. The molecule has 0 spiro atoms. The van der Waals surface area contributed by atoms with Crippen molar-refractivity contribution in [3.63, 3.8) is 0 Å². The maximum absolute atomic E-state index is 13.9. The lowest BCUT2D eigenvalue weighted by Gasteiger charge is -2.17. The molecular formula is C10H8Cl2F2O2. The van der Waals surface area contributed by atoms with Gasteiger partial charge < -0.3 is 4.74 Å². The topological polar surface area (TPSA) is 26.3 Å². The second-order valence-electron chi connectivity index (χ2n) is 2.92. The second-order valence-corrected chi connectivity index (χ2v) is 3.85. The van der Waals surface area contributed by atoms with Gasteiger partial charge in [-0.3, -0.25) is 0 Å². The van der Waals surface area contributed by atoms with Crippen LogP contribution in [-0.2, 0) is 14.7 Å². The summed E-state index contributed by atoms with van der Waals surface area (Å²) in [7, 11) is 0. The molecule has 1 unspecified atom stereocenters. The molecule has 1 rings (SSSR count). The van der Waals surface area contributed by atoms with Gasteiger partial charge in [-0.25, -0.2) is 13.6 Å². The van der Waals surface area contributed by atoms with Crippen molar-refractivity contribution in [3.8, 4) is 0 Å². The number of ether oxygens (including phenoxy) is 1. The molecule has 0 N–H and O–H groups in total. The van der Waals surface area contributed by atoms with E-state index in [2.05, 4.69) is 4.74 Å². The lowest BCUT2D eigenvalue weighted by Crippen LogP contribution is -2.27. The molecule has 0 saturated heterocycles. The summed E-state index contributed by atoms with van der Waals surface area (Å²) in [5, 5.41) is -3.17. The molecule has 0 aliphatic rings. The molecule has 2 nitrogen and oxygen atoms in total. The lowest BCUT2D eigenvalue weighted by atomic mass is 10.1. The summed E-state index contributed by atoms with van der Waals surface area (Å²) in [5.41, 5.74) is -0.337. The summed E-state index contributed by atoms with van der Waals surface area (Å²) in [6, 6.07) is 2.82. The fourth-order valence-electron chi connectivity index (χ4n) is 1.08. The van der Waals surface area contributed by atoms with Crippen molar-refractivity contribution in [2.24, 2.45) is 0 Å². The Labute approximate surface area is 101 Å². The predicted octanol–water partition coefficient (Wildman–Crippen LogP) is 3.40. The highest BCUT2D eigenvalue weighted by Crippen LogP contribution is 2.37. The van der Waals surface area contributed by atoms with E-state index in [1.165, 1.54) is 6.92 Å². The molecule has 1 atom stereocenters. The number of esters is 1. The molecule has 0 heterocycles. The Balaban J connectivity index is 3.11. The minimum Gasteiger partial charge on any atom is -0.462 e. The van der Waals surface area contributed by atoms with E-state index in [1.54, 1.807) is 0 Å². The highest BCUT2D eigenvalue weighted by molar-refractivity contribution is 6.36. The number of carbonyl (C=O) groups excluding carboxylic acids is 1. The monoisotopic (exact) mass is 268 g/mol. The van der Waals surface area contributed by atoms with Crippen LogP contribution < -0.4 is 0 Å². The van der Waals surface area contributed by atoms with E-state index in [9.17, 15) is 13.6 Å². The summed E-state index contributed by atoms with van der Waals surface area (Å²) in [6.45, 7) is 1.49. The van der Waals surface area contributed by atoms with E-state index < -0.39 is 16.9 Å². The van der Waals surface area contributed by atoms with Crippen molar-refractivity contribution >= 4 is 29.2 Å². The van der Waals surface area contributed by atoms with Crippen LogP contribution in [-0.4, -0.2) is 12.6 Å². The molecule has 1 aromatic rings. The van der Waals surface area contributed by atoms with Gasteiger partial charge >= 0.3 is 11.1 Å². The molecule has 6 heteroatoms. The number of carbonyl (C=O) groups is 1. The third-order valence-electron chi connectivity index (χ3n) is 1.80. The molecule has 1 aromatic carbocycles. The zero-order valence-corrected chi connectivity index (χ0v) is 9.78. The first kappa shape index (κ1) is 13.2. The quantitative estimate of drug-likeness (QED) is 0.621. The summed E-state index contributed by atoms with van der Waals surface area (Å²) in [4.78, 5) is 11.2. The van der Waals surface area contributed by atoms with Gasteiger partial charge in [-0.15, -0.1) is 0 Å².